The fourth-order valence-corrected chi connectivity index (χ4v) is 0.953. The molecule has 1 rings (SSSR count). The van der Waals surface area contributed by atoms with Crippen LogP contribution in [0, 0.1) is 0 Å². The minimum absolute atomic E-state index is 0.199. The molecule has 15 heavy (non-hydrogen) atoms. The second kappa shape index (κ2) is 4.38. The van der Waals surface area contributed by atoms with Crippen molar-refractivity contribution in [3.05, 3.63) is 36.4 Å². The molecule has 1 nitrogen and oxygen atoms in total. The lowest BCUT2D eigenvalue weighted by atomic mass is 10.2. The van der Waals surface area contributed by atoms with Gasteiger partial charge in [0.2, 0.25) is 0 Å². The fourth-order valence-electron chi connectivity index (χ4n) is 0.953. The van der Waals surface area contributed by atoms with Crippen molar-refractivity contribution in [3.8, 4) is 5.75 Å². The molecule has 0 radical (unpaired) electrons. The van der Waals surface area contributed by atoms with Gasteiger partial charge in [-0.1, -0.05) is 24.8 Å². The standard InChI is InChI=1S/C11H11F3O/c1-3-9-4-6-10(7-5-9)15-8(2)11(12,13)14/h3-8H,1H2,2H3. The molecule has 82 valence electrons. The van der Waals surface area contributed by atoms with E-state index in [-0.39, 0.29) is 5.75 Å². The van der Waals surface area contributed by atoms with Crippen molar-refractivity contribution in [2.45, 2.75) is 19.2 Å². The van der Waals surface area contributed by atoms with Crippen LogP contribution in [-0.4, -0.2) is 12.3 Å². The summed E-state index contributed by atoms with van der Waals surface area (Å²) in [6, 6.07) is 6.26. The summed E-state index contributed by atoms with van der Waals surface area (Å²) in [6.07, 6.45) is -4.53. The van der Waals surface area contributed by atoms with E-state index in [1.807, 2.05) is 0 Å². The van der Waals surface area contributed by atoms with Gasteiger partial charge in [-0.2, -0.15) is 13.2 Å². The number of hydrogen-bond donors (Lipinski definition) is 0. The molecule has 0 heterocycles. The third-order valence-corrected chi connectivity index (χ3v) is 1.89. The smallest absolute Gasteiger partial charge is 0.425 e. The highest BCUT2D eigenvalue weighted by Gasteiger charge is 2.37. The molecule has 0 aliphatic carbocycles. The van der Waals surface area contributed by atoms with Crippen LogP contribution in [0.4, 0.5) is 13.2 Å². The predicted molar refractivity (Wildman–Crippen MR) is 52.7 cm³/mol. The molecule has 1 aromatic carbocycles. The maximum atomic E-state index is 12.1. The Morgan fingerprint density at radius 3 is 2.20 bits per heavy atom. The molecular formula is C11H11F3O. The molecule has 0 aliphatic rings. The van der Waals surface area contributed by atoms with Crippen LogP contribution in [0.15, 0.2) is 30.8 Å². The van der Waals surface area contributed by atoms with Gasteiger partial charge in [0.25, 0.3) is 0 Å². The average molecular weight is 216 g/mol. The normalized spacial score (nSPS) is 13.3. The molecule has 0 saturated heterocycles. The number of ether oxygens (including phenoxy) is 1. The number of rotatable bonds is 3. The van der Waals surface area contributed by atoms with E-state index in [1.54, 1.807) is 18.2 Å². The second-order valence-corrected chi connectivity index (χ2v) is 3.07. The first-order chi connectivity index (χ1) is 6.93. The summed E-state index contributed by atoms with van der Waals surface area (Å²) < 4.78 is 41.1. The van der Waals surface area contributed by atoms with Crippen LogP contribution >= 0.6 is 0 Å². The highest BCUT2D eigenvalue weighted by atomic mass is 19.4. The minimum atomic E-state index is -4.34. The summed E-state index contributed by atoms with van der Waals surface area (Å²) in [5.74, 6) is 0.199. The maximum absolute atomic E-state index is 12.1. The third-order valence-electron chi connectivity index (χ3n) is 1.89. The summed E-state index contributed by atoms with van der Waals surface area (Å²) in [5, 5.41) is 0. The van der Waals surface area contributed by atoms with E-state index in [0.29, 0.717) is 0 Å². The first-order valence-corrected chi connectivity index (χ1v) is 4.39. The fraction of sp³-hybridized carbons (Fsp3) is 0.273. The summed E-state index contributed by atoms with van der Waals surface area (Å²) in [7, 11) is 0. The van der Waals surface area contributed by atoms with E-state index in [0.717, 1.165) is 12.5 Å². The Labute approximate surface area is 86.2 Å². The van der Waals surface area contributed by atoms with Crippen molar-refractivity contribution in [1.82, 2.24) is 0 Å². The summed E-state index contributed by atoms with van der Waals surface area (Å²) in [6.45, 7) is 4.51. The van der Waals surface area contributed by atoms with Crippen LogP contribution in [0.5, 0.6) is 5.75 Å². The van der Waals surface area contributed by atoms with Gasteiger partial charge in [-0.3, -0.25) is 0 Å². The van der Waals surface area contributed by atoms with Gasteiger partial charge in [-0.25, -0.2) is 0 Å². The zero-order chi connectivity index (χ0) is 11.5. The highest BCUT2D eigenvalue weighted by molar-refractivity contribution is 5.48. The number of hydrogen-bond acceptors (Lipinski definition) is 1. The van der Waals surface area contributed by atoms with E-state index in [1.165, 1.54) is 12.1 Å². The minimum Gasteiger partial charge on any atom is -0.481 e. The number of alkyl halides is 3. The lowest BCUT2D eigenvalue weighted by Crippen LogP contribution is -2.31. The number of benzene rings is 1. The second-order valence-electron chi connectivity index (χ2n) is 3.07. The van der Waals surface area contributed by atoms with Gasteiger partial charge < -0.3 is 4.74 Å². The molecule has 0 spiro atoms. The topological polar surface area (TPSA) is 9.23 Å². The van der Waals surface area contributed by atoms with E-state index in [4.69, 9.17) is 4.74 Å². The molecule has 0 aliphatic heterocycles. The van der Waals surface area contributed by atoms with Gasteiger partial charge in [-0.05, 0) is 24.6 Å². The molecular weight excluding hydrogens is 205 g/mol. The summed E-state index contributed by atoms with van der Waals surface area (Å²) >= 11 is 0. The quantitative estimate of drug-likeness (QED) is 0.749. The van der Waals surface area contributed by atoms with Gasteiger partial charge in [0.1, 0.15) is 5.75 Å². The third kappa shape index (κ3) is 3.31. The molecule has 1 atom stereocenters. The van der Waals surface area contributed by atoms with Crippen LogP contribution in [0.3, 0.4) is 0 Å². The lowest BCUT2D eigenvalue weighted by Gasteiger charge is -2.17. The van der Waals surface area contributed by atoms with Gasteiger partial charge in [-0.15, -0.1) is 0 Å². The van der Waals surface area contributed by atoms with Crippen LogP contribution in [0.1, 0.15) is 12.5 Å². The zero-order valence-corrected chi connectivity index (χ0v) is 8.21. The first-order valence-electron chi connectivity index (χ1n) is 4.39. The van der Waals surface area contributed by atoms with Gasteiger partial charge in [0.15, 0.2) is 6.10 Å². The lowest BCUT2D eigenvalue weighted by molar-refractivity contribution is -0.189. The van der Waals surface area contributed by atoms with E-state index in [9.17, 15) is 13.2 Å². The van der Waals surface area contributed by atoms with Gasteiger partial charge in [0, 0.05) is 0 Å². The Kier molecular flexibility index (Phi) is 3.39. The molecule has 0 aromatic heterocycles. The Hall–Kier alpha value is -1.45. The van der Waals surface area contributed by atoms with E-state index >= 15 is 0 Å². The molecule has 0 amide bonds. The molecule has 0 N–H and O–H groups in total. The van der Waals surface area contributed by atoms with Crippen molar-refractivity contribution in [1.29, 1.82) is 0 Å². The van der Waals surface area contributed by atoms with E-state index in [2.05, 4.69) is 6.58 Å². The average Bonchev–Trinajstić information content (AvgIpc) is 2.17. The molecule has 0 bridgehead atoms. The Morgan fingerprint density at radius 2 is 1.80 bits per heavy atom. The van der Waals surface area contributed by atoms with Crippen LogP contribution in [0.2, 0.25) is 0 Å². The molecule has 0 fully saturated rings. The molecule has 4 heteroatoms. The Morgan fingerprint density at radius 1 is 1.27 bits per heavy atom. The van der Waals surface area contributed by atoms with Crippen molar-refractivity contribution in [2.75, 3.05) is 0 Å². The predicted octanol–water partition coefficient (Wildman–Crippen LogP) is 3.66. The van der Waals surface area contributed by atoms with E-state index < -0.39 is 12.3 Å². The molecule has 1 unspecified atom stereocenters. The van der Waals surface area contributed by atoms with Gasteiger partial charge >= 0.3 is 6.18 Å². The highest BCUT2D eigenvalue weighted by Crippen LogP contribution is 2.24. The summed E-state index contributed by atoms with van der Waals surface area (Å²) in [4.78, 5) is 0. The van der Waals surface area contributed by atoms with Crippen molar-refractivity contribution >= 4 is 6.08 Å². The van der Waals surface area contributed by atoms with Crippen LogP contribution in [0.25, 0.3) is 6.08 Å². The molecule has 1 aromatic rings. The zero-order valence-electron chi connectivity index (χ0n) is 8.21. The first kappa shape index (κ1) is 11.6. The maximum Gasteiger partial charge on any atom is 0.425 e. The monoisotopic (exact) mass is 216 g/mol. The SMILES string of the molecule is C=Cc1ccc(OC(C)C(F)(F)F)cc1. The van der Waals surface area contributed by atoms with Gasteiger partial charge in [0.05, 0.1) is 0 Å². The van der Waals surface area contributed by atoms with Crippen LogP contribution in [-0.2, 0) is 0 Å². The Balaban J connectivity index is 2.69. The summed E-state index contributed by atoms with van der Waals surface area (Å²) in [5.41, 5.74) is 0.835. The number of halogens is 3. The van der Waals surface area contributed by atoms with Crippen molar-refractivity contribution < 1.29 is 17.9 Å². The largest absolute Gasteiger partial charge is 0.481 e. The van der Waals surface area contributed by atoms with Crippen molar-refractivity contribution in [2.24, 2.45) is 0 Å². The van der Waals surface area contributed by atoms with Crippen LogP contribution < -0.4 is 4.74 Å². The van der Waals surface area contributed by atoms with Crippen molar-refractivity contribution in [3.63, 3.8) is 0 Å². The molecule has 0 saturated carbocycles. The Bertz CT molecular complexity index is 327.